The van der Waals surface area contributed by atoms with Gasteiger partial charge in [0.25, 0.3) is 0 Å². The summed E-state index contributed by atoms with van der Waals surface area (Å²) in [6.45, 7) is 4.41. The van der Waals surface area contributed by atoms with E-state index in [1.807, 2.05) is 34.0 Å². The van der Waals surface area contributed by atoms with E-state index in [2.05, 4.69) is 55.6 Å². The zero-order valence-electron chi connectivity index (χ0n) is 13.3. The Labute approximate surface area is 164 Å². The van der Waals surface area contributed by atoms with E-state index in [0.717, 1.165) is 4.88 Å². The Balaban J connectivity index is 0.00000182. The van der Waals surface area contributed by atoms with Crippen molar-refractivity contribution in [2.75, 3.05) is 0 Å². The van der Waals surface area contributed by atoms with Crippen molar-refractivity contribution in [2.24, 2.45) is 0 Å². The van der Waals surface area contributed by atoms with Gasteiger partial charge in [-0.1, -0.05) is 7.43 Å². The van der Waals surface area contributed by atoms with Gasteiger partial charge in [-0.15, -0.1) is 45.3 Å². The van der Waals surface area contributed by atoms with Crippen LogP contribution in [0.1, 0.15) is 23.4 Å². The van der Waals surface area contributed by atoms with E-state index in [1.54, 1.807) is 11.3 Å². The van der Waals surface area contributed by atoms with Gasteiger partial charge in [0.15, 0.2) is 0 Å². The molecule has 0 spiro atoms. The minimum atomic E-state index is 0. The molecule has 1 nitrogen and oxygen atoms in total. The van der Waals surface area contributed by atoms with Gasteiger partial charge in [0.2, 0.25) is 0 Å². The van der Waals surface area contributed by atoms with E-state index < -0.39 is 0 Å². The first-order valence-electron chi connectivity index (χ1n) is 7.61. The van der Waals surface area contributed by atoms with Gasteiger partial charge in [0.05, 0.1) is 6.61 Å². The Hall–Kier alpha value is -1.24. The molecule has 0 saturated heterocycles. The molecule has 0 atom stereocenters. The van der Waals surface area contributed by atoms with Crippen LogP contribution >= 0.6 is 45.3 Å². The van der Waals surface area contributed by atoms with Crippen molar-refractivity contribution >= 4 is 45.3 Å². The van der Waals surface area contributed by atoms with Crippen LogP contribution < -0.4 is 0 Å². The van der Waals surface area contributed by atoms with Crippen LogP contribution in [0, 0.1) is 13.8 Å². The summed E-state index contributed by atoms with van der Waals surface area (Å²) in [5.41, 5.74) is 2.60. The lowest BCUT2D eigenvalue weighted by Gasteiger charge is -1.95. The van der Waals surface area contributed by atoms with Crippen LogP contribution in [0.3, 0.4) is 0 Å². The van der Waals surface area contributed by atoms with Crippen LogP contribution in [0.4, 0.5) is 0 Å². The van der Waals surface area contributed by atoms with Gasteiger partial charge < -0.3 is 5.11 Å². The molecular formula is C20H20OS4. The zero-order chi connectivity index (χ0) is 16.7. The van der Waals surface area contributed by atoms with Gasteiger partial charge >= 0.3 is 0 Å². The minimum absolute atomic E-state index is 0. The number of aliphatic hydroxyl groups excluding tert-OH is 1. The van der Waals surface area contributed by atoms with E-state index in [0.29, 0.717) is 0 Å². The molecule has 0 unspecified atom stereocenters. The van der Waals surface area contributed by atoms with E-state index >= 15 is 0 Å². The fourth-order valence-corrected chi connectivity index (χ4v) is 7.11. The van der Waals surface area contributed by atoms with Crippen molar-refractivity contribution in [2.45, 2.75) is 27.9 Å². The topological polar surface area (TPSA) is 20.2 Å². The molecule has 130 valence electrons. The Morgan fingerprint density at radius 3 is 1.88 bits per heavy atom. The van der Waals surface area contributed by atoms with Crippen molar-refractivity contribution < 1.29 is 5.11 Å². The monoisotopic (exact) mass is 404 g/mol. The summed E-state index contributed by atoms with van der Waals surface area (Å²) < 4.78 is 0. The smallest absolute Gasteiger partial charge is 0.0774 e. The van der Waals surface area contributed by atoms with Crippen LogP contribution in [0.25, 0.3) is 29.3 Å². The van der Waals surface area contributed by atoms with E-state index in [1.165, 1.54) is 40.4 Å². The van der Waals surface area contributed by atoms with E-state index in [4.69, 9.17) is 0 Å². The highest BCUT2D eigenvalue weighted by Crippen LogP contribution is 2.44. The average molecular weight is 405 g/mol. The SMILES string of the molecule is C.Cc1ccsc1-c1ccc(-c2ccc(-c3sc(CO)cc3C)s2)s1. The molecule has 0 aliphatic heterocycles. The van der Waals surface area contributed by atoms with E-state index in [9.17, 15) is 5.11 Å². The third kappa shape index (κ3) is 3.52. The second-order valence-corrected chi connectivity index (χ2v) is 9.86. The first kappa shape index (κ1) is 18.5. The Morgan fingerprint density at radius 1 is 0.760 bits per heavy atom. The van der Waals surface area contributed by atoms with Crippen molar-refractivity contribution in [3.63, 3.8) is 0 Å². The molecule has 0 amide bonds. The molecule has 4 aromatic heterocycles. The molecule has 1 N–H and O–H groups in total. The third-order valence-electron chi connectivity index (χ3n) is 3.89. The number of rotatable bonds is 4. The second-order valence-electron chi connectivity index (χ2n) is 5.64. The molecule has 0 saturated carbocycles. The first-order valence-corrected chi connectivity index (χ1v) is 10.9. The fourth-order valence-electron chi connectivity index (χ4n) is 2.68. The Bertz CT molecular complexity index is 983. The highest BCUT2D eigenvalue weighted by atomic mass is 32.1. The number of aliphatic hydroxyl groups is 1. The van der Waals surface area contributed by atoms with Gasteiger partial charge in [-0.25, -0.2) is 0 Å². The number of hydrogen-bond acceptors (Lipinski definition) is 5. The summed E-state index contributed by atoms with van der Waals surface area (Å²) in [5, 5.41) is 11.5. The summed E-state index contributed by atoms with van der Waals surface area (Å²) in [4.78, 5) is 8.96. The lowest BCUT2D eigenvalue weighted by atomic mass is 10.2. The van der Waals surface area contributed by atoms with Gasteiger partial charge in [-0.05, 0) is 66.8 Å². The molecule has 5 heteroatoms. The van der Waals surface area contributed by atoms with E-state index in [-0.39, 0.29) is 14.0 Å². The summed E-state index contributed by atoms with van der Waals surface area (Å²) in [5.74, 6) is 0. The third-order valence-corrected chi connectivity index (χ3v) is 8.85. The van der Waals surface area contributed by atoms with Gasteiger partial charge in [-0.3, -0.25) is 0 Å². The molecule has 4 aromatic rings. The molecule has 0 aliphatic carbocycles. The second kappa shape index (κ2) is 7.56. The molecular weight excluding hydrogens is 384 g/mol. The van der Waals surface area contributed by atoms with Crippen LogP contribution in [-0.4, -0.2) is 5.11 Å². The maximum atomic E-state index is 9.34. The van der Waals surface area contributed by atoms with Crippen LogP contribution in [0.5, 0.6) is 0 Å². The van der Waals surface area contributed by atoms with Crippen molar-refractivity contribution in [3.8, 4) is 29.3 Å². The summed E-state index contributed by atoms with van der Waals surface area (Å²) in [6, 6.07) is 13.2. The van der Waals surface area contributed by atoms with Crippen molar-refractivity contribution in [1.82, 2.24) is 0 Å². The molecule has 0 bridgehead atoms. The number of hydrogen-bond donors (Lipinski definition) is 1. The molecule has 4 rings (SSSR count). The van der Waals surface area contributed by atoms with Gasteiger partial charge in [-0.2, -0.15) is 0 Å². The molecule has 0 fully saturated rings. The van der Waals surface area contributed by atoms with Crippen molar-refractivity contribution in [3.05, 3.63) is 57.8 Å². The van der Waals surface area contributed by atoms with Gasteiger partial charge in [0, 0.05) is 34.1 Å². The van der Waals surface area contributed by atoms with Gasteiger partial charge in [0.1, 0.15) is 0 Å². The molecule has 0 radical (unpaired) electrons. The number of thiophene rings is 4. The fraction of sp³-hybridized carbons (Fsp3) is 0.200. The Morgan fingerprint density at radius 2 is 1.36 bits per heavy atom. The summed E-state index contributed by atoms with van der Waals surface area (Å²) in [6.07, 6.45) is 0. The average Bonchev–Trinajstić information content (AvgIpc) is 3.32. The molecule has 4 heterocycles. The summed E-state index contributed by atoms with van der Waals surface area (Å²) >= 11 is 7.20. The molecule has 0 aromatic carbocycles. The molecule has 25 heavy (non-hydrogen) atoms. The quantitative estimate of drug-likeness (QED) is 0.370. The lowest BCUT2D eigenvalue weighted by molar-refractivity contribution is 0.285. The summed E-state index contributed by atoms with van der Waals surface area (Å²) in [7, 11) is 0. The minimum Gasteiger partial charge on any atom is -0.391 e. The highest BCUT2D eigenvalue weighted by Gasteiger charge is 2.13. The van der Waals surface area contributed by atoms with Crippen LogP contribution in [-0.2, 0) is 6.61 Å². The van der Waals surface area contributed by atoms with Crippen LogP contribution in [0.2, 0.25) is 0 Å². The predicted octanol–water partition coefficient (Wildman–Crippen LogP) is 7.68. The normalized spacial score (nSPS) is 10.8. The van der Waals surface area contributed by atoms with Crippen molar-refractivity contribution in [1.29, 1.82) is 0 Å². The first-order chi connectivity index (χ1) is 11.7. The Kier molecular flexibility index (Phi) is 5.61. The zero-order valence-corrected chi connectivity index (χ0v) is 16.6. The highest BCUT2D eigenvalue weighted by molar-refractivity contribution is 7.28. The predicted molar refractivity (Wildman–Crippen MR) is 116 cm³/mol. The maximum absolute atomic E-state index is 9.34. The lowest BCUT2D eigenvalue weighted by Crippen LogP contribution is -1.71. The maximum Gasteiger partial charge on any atom is 0.0774 e. The largest absolute Gasteiger partial charge is 0.391 e. The number of aryl methyl sites for hydroxylation is 2. The molecule has 0 aliphatic rings. The standard InChI is InChI=1S/C19H16OS4.CH4/c1-11-7-8-21-18(11)16-5-3-14(23-16)15-4-6-17(24-15)19-12(2)9-13(10-20)22-19;/h3-9,20H,10H2,1-2H3;1H4. The van der Waals surface area contributed by atoms with Crippen LogP contribution in [0.15, 0.2) is 41.8 Å².